The molecule has 1 heterocycles. The topological polar surface area (TPSA) is 63.2 Å². The molecule has 1 saturated carbocycles. The van der Waals surface area contributed by atoms with Crippen LogP contribution in [0.25, 0.3) is 0 Å². The SMILES string of the molecule is CNc1ncc(C(=O)NC2CC(OC)C2(C)C)cc1Cl. The molecule has 2 atom stereocenters. The summed E-state index contributed by atoms with van der Waals surface area (Å²) in [7, 11) is 3.43. The van der Waals surface area contributed by atoms with Gasteiger partial charge in [-0.1, -0.05) is 25.4 Å². The van der Waals surface area contributed by atoms with E-state index in [1.807, 2.05) is 0 Å². The zero-order valence-electron chi connectivity index (χ0n) is 12.2. The number of amides is 1. The smallest absolute Gasteiger partial charge is 0.253 e. The van der Waals surface area contributed by atoms with Crippen LogP contribution in [0.5, 0.6) is 0 Å². The summed E-state index contributed by atoms with van der Waals surface area (Å²) in [5.41, 5.74) is 0.401. The minimum absolute atomic E-state index is 0.0629. The van der Waals surface area contributed by atoms with E-state index in [2.05, 4.69) is 29.5 Å². The van der Waals surface area contributed by atoms with Gasteiger partial charge in [-0.25, -0.2) is 4.98 Å². The summed E-state index contributed by atoms with van der Waals surface area (Å²) >= 11 is 6.03. The molecule has 0 aromatic carbocycles. The molecule has 1 aromatic heterocycles. The fraction of sp³-hybridized carbons (Fsp3) is 0.571. The molecule has 1 aliphatic rings. The van der Waals surface area contributed by atoms with Gasteiger partial charge >= 0.3 is 0 Å². The van der Waals surface area contributed by atoms with E-state index in [0.717, 1.165) is 6.42 Å². The number of anilines is 1. The average molecular weight is 298 g/mol. The second kappa shape index (κ2) is 5.58. The molecule has 0 saturated heterocycles. The standard InChI is InChI=1S/C14H20ClN3O2/c1-14(2)10(6-11(14)20-4)18-13(19)8-5-9(15)12(16-3)17-7-8/h5,7,10-11H,6H2,1-4H3,(H,16,17)(H,18,19). The zero-order chi connectivity index (χ0) is 14.9. The number of aromatic nitrogens is 1. The number of methoxy groups -OCH3 is 1. The second-order valence-electron chi connectivity index (χ2n) is 5.61. The Morgan fingerprint density at radius 1 is 1.55 bits per heavy atom. The van der Waals surface area contributed by atoms with Crippen LogP contribution in [0.3, 0.4) is 0 Å². The Morgan fingerprint density at radius 3 is 2.75 bits per heavy atom. The van der Waals surface area contributed by atoms with Gasteiger partial charge in [-0.3, -0.25) is 4.79 Å². The van der Waals surface area contributed by atoms with Crippen molar-refractivity contribution in [1.29, 1.82) is 0 Å². The Labute approximate surface area is 124 Å². The largest absolute Gasteiger partial charge is 0.381 e. The molecule has 1 fully saturated rings. The van der Waals surface area contributed by atoms with Gasteiger partial charge < -0.3 is 15.4 Å². The first-order chi connectivity index (χ1) is 9.40. The summed E-state index contributed by atoms with van der Waals surface area (Å²) in [4.78, 5) is 16.3. The van der Waals surface area contributed by atoms with Crippen LogP contribution in [0, 0.1) is 5.41 Å². The molecule has 20 heavy (non-hydrogen) atoms. The van der Waals surface area contributed by atoms with Crippen molar-refractivity contribution >= 4 is 23.3 Å². The van der Waals surface area contributed by atoms with Crippen LogP contribution < -0.4 is 10.6 Å². The second-order valence-corrected chi connectivity index (χ2v) is 6.02. The lowest BCUT2D eigenvalue weighted by atomic mass is 9.64. The number of ether oxygens (including phenoxy) is 1. The molecule has 1 amide bonds. The third kappa shape index (κ3) is 2.60. The van der Waals surface area contributed by atoms with Crippen molar-refractivity contribution in [1.82, 2.24) is 10.3 Å². The van der Waals surface area contributed by atoms with Crippen molar-refractivity contribution in [3.8, 4) is 0 Å². The number of hydrogen-bond donors (Lipinski definition) is 2. The summed E-state index contributed by atoms with van der Waals surface area (Å²) < 4.78 is 5.38. The number of nitrogens with one attached hydrogen (secondary N) is 2. The maximum Gasteiger partial charge on any atom is 0.253 e. The van der Waals surface area contributed by atoms with Gasteiger partial charge in [0.2, 0.25) is 0 Å². The summed E-state index contributed by atoms with van der Waals surface area (Å²) in [6.45, 7) is 4.18. The van der Waals surface area contributed by atoms with Crippen molar-refractivity contribution in [3.63, 3.8) is 0 Å². The van der Waals surface area contributed by atoms with Gasteiger partial charge in [-0.05, 0) is 12.5 Å². The van der Waals surface area contributed by atoms with Crippen LogP contribution in [-0.2, 0) is 4.74 Å². The molecule has 2 N–H and O–H groups in total. The van der Waals surface area contributed by atoms with Crippen LogP contribution in [0.15, 0.2) is 12.3 Å². The van der Waals surface area contributed by atoms with Gasteiger partial charge in [-0.2, -0.15) is 0 Å². The first-order valence-electron chi connectivity index (χ1n) is 6.57. The van der Waals surface area contributed by atoms with Crippen LogP contribution in [0.2, 0.25) is 5.02 Å². The van der Waals surface area contributed by atoms with Crippen LogP contribution >= 0.6 is 11.6 Å². The van der Waals surface area contributed by atoms with Gasteiger partial charge in [0.05, 0.1) is 16.7 Å². The third-order valence-electron chi connectivity index (χ3n) is 4.11. The molecule has 0 aliphatic heterocycles. The Morgan fingerprint density at radius 2 is 2.25 bits per heavy atom. The Bertz CT molecular complexity index is 519. The fourth-order valence-corrected chi connectivity index (χ4v) is 2.78. The highest BCUT2D eigenvalue weighted by Crippen LogP contribution is 2.42. The minimum atomic E-state index is -0.158. The number of pyridine rings is 1. The summed E-state index contributed by atoms with van der Waals surface area (Å²) in [5, 5.41) is 6.31. The molecular weight excluding hydrogens is 278 g/mol. The highest BCUT2D eigenvalue weighted by molar-refractivity contribution is 6.33. The first kappa shape index (κ1) is 15.1. The molecule has 0 spiro atoms. The van der Waals surface area contributed by atoms with Crippen molar-refractivity contribution < 1.29 is 9.53 Å². The summed E-state index contributed by atoms with van der Waals surface area (Å²) in [6, 6.07) is 1.72. The van der Waals surface area contributed by atoms with Crippen molar-refractivity contribution in [3.05, 3.63) is 22.8 Å². The third-order valence-corrected chi connectivity index (χ3v) is 4.40. The molecule has 1 aliphatic carbocycles. The van der Waals surface area contributed by atoms with Crippen LogP contribution in [-0.4, -0.2) is 37.2 Å². The lowest BCUT2D eigenvalue weighted by molar-refractivity contribution is -0.0942. The summed E-state index contributed by atoms with van der Waals surface area (Å²) in [5.74, 6) is 0.404. The molecule has 0 radical (unpaired) electrons. The highest BCUT2D eigenvalue weighted by atomic mass is 35.5. The molecule has 0 bridgehead atoms. The van der Waals surface area contributed by atoms with Gasteiger partial charge in [0.25, 0.3) is 5.91 Å². The van der Waals surface area contributed by atoms with E-state index >= 15 is 0 Å². The maximum atomic E-state index is 12.2. The van der Waals surface area contributed by atoms with E-state index in [-0.39, 0.29) is 23.5 Å². The number of rotatable bonds is 4. The van der Waals surface area contributed by atoms with Crippen molar-refractivity contribution in [2.75, 3.05) is 19.5 Å². The minimum Gasteiger partial charge on any atom is -0.381 e. The van der Waals surface area contributed by atoms with Gasteiger partial charge in [0.1, 0.15) is 5.82 Å². The molecular formula is C14H20ClN3O2. The summed E-state index contributed by atoms with van der Waals surface area (Å²) in [6.07, 6.45) is 2.53. The maximum absolute atomic E-state index is 12.2. The Balaban J connectivity index is 2.05. The molecule has 2 unspecified atom stereocenters. The molecule has 2 rings (SSSR count). The number of hydrogen-bond acceptors (Lipinski definition) is 4. The van der Waals surface area contributed by atoms with Crippen molar-refractivity contribution in [2.24, 2.45) is 5.41 Å². The molecule has 5 nitrogen and oxygen atoms in total. The molecule has 6 heteroatoms. The lowest BCUT2D eigenvalue weighted by Crippen LogP contribution is -2.61. The number of carbonyl (C=O) groups is 1. The van der Waals surface area contributed by atoms with E-state index in [4.69, 9.17) is 16.3 Å². The molecule has 110 valence electrons. The van der Waals surface area contributed by atoms with E-state index in [1.165, 1.54) is 6.20 Å². The van der Waals surface area contributed by atoms with Crippen LogP contribution in [0.4, 0.5) is 5.82 Å². The Kier molecular flexibility index (Phi) is 4.20. The lowest BCUT2D eigenvalue weighted by Gasteiger charge is -2.51. The predicted molar refractivity (Wildman–Crippen MR) is 79.2 cm³/mol. The fourth-order valence-electron chi connectivity index (χ4n) is 2.52. The van der Waals surface area contributed by atoms with E-state index < -0.39 is 0 Å². The number of carbonyl (C=O) groups excluding carboxylic acids is 1. The van der Waals surface area contributed by atoms with Crippen molar-refractivity contribution in [2.45, 2.75) is 32.4 Å². The van der Waals surface area contributed by atoms with Crippen LogP contribution in [0.1, 0.15) is 30.6 Å². The van der Waals surface area contributed by atoms with E-state index in [1.54, 1.807) is 20.2 Å². The van der Waals surface area contributed by atoms with E-state index in [9.17, 15) is 4.79 Å². The first-order valence-corrected chi connectivity index (χ1v) is 6.95. The zero-order valence-corrected chi connectivity index (χ0v) is 12.9. The normalized spacial score (nSPS) is 23.9. The highest BCUT2D eigenvalue weighted by Gasteiger charge is 2.49. The number of halogens is 1. The average Bonchev–Trinajstić information content (AvgIpc) is 2.42. The molecule has 1 aromatic rings. The van der Waals surface area contributed by atoms with Gasteiger partial charge in [-0.15, -0.1) is 0 Å². The van der Waals surface area contributed by atoms with Gasteiger partial charge in [0, 0.05) is 31.8 Å². The monoisotopic (exact) mass is 297 g/mol. The number of nitrogens with zero attached hydrogens (tertiary/aromatic N) is 1. The predicted octanol–water partition coefficient (Wildman–Crippen LogP) is 2.32. The van der Waals surface area contributed by atoms with E-state index in [0.29, 0.717) is 16.4 Å². The van der Waals surface area contributed by atoms with Gasteiger partial charge in [0.15, 0.2) is 0 Å². The Hall–Kier alpha value is -1.33. The quantitative estimate of drug-likeness (QED) is 0.895.